The van der Waals surface area contributed by atoms with E-state index in [-0.39, 0.29) is 11.3 Å². The number of phenolic OH excluding ortho intramolecular Hbond substituents is 1. The van der Waals surface area contributed by atoms with Crippen LogP contribution in [-0.2, 0) is 0 Å². The lowest BCUT2D eigenvalue weighted by Crippen LogP contribution is -2.38. The zero-order valence-corrected chi connectivity index (χ0v) is 9.49. The lowest BCUT2D eigenvalue weighted by molar-refractivity contribution is 0.163. The van der Waals surface area contributed by atoms with Gasteiger partial charge in [-0.2, -0.15) is 0 Å². The van der Waals surface area contributed by atoms with Crippen molar-refractivity contribution >= 4 is 0 Å². The first-order chi connectivity index (χ1) is 6.88. The Balaban J connectivity index is 2.58. The van der Waals surface area contributed by atoms with Crippen molar-refractivity contribution in [2.45, 2.75) is 32.4 Å². The summed E-state index contributed by atoms with van der Waals surface area (Å²) in [4.78, 5) is 0. The first-order valence-electron chi connectivity index (χ1n) is 5.10. The minimum atomic E-state index is -0.587. The molecule has 0 fully saturated rings. The van der Waals surface area contributed by atoms with Crippen molar-refractivity contribution in [2.24, 2.45) is 0 Å². The van der Waals surface area contributed by atoms with Crippen LogP contribution in [0.1, 0.15) is 32.4 Å². The van der Waals surface area contributed by atoms with E-state index in [0.29, 0.717) is 6.54 Å². The fourth-order valence-corrected chi connectivity index (χ4v) is 1.25. The molecule has 0 unspecified atom stereocenters. The van der Waals surface area contributed by atoms with E-state index in [9.17, 15) is 10.2 Å². The summed E-state index contributed by atoms with van der Waals surface area (Å²) in [6.45, 7) is 6.61. The Bertz CT molecular complexity index is 318. The zero-order chi connectivity index (χ0) is 11.5. The average molecular weight is 209 g/mol. The zero-order valence-electron chi connectivity index (χ0n) is 9.49. The minimum Gasteiger partial charge on any atom is -0.508 e. The maximum atomic E-state index is 9.83. The molecule has 0 saturated heterocycles. The van der Waals surface area contributed by atoms with Gasteiger partial charge in [-0.05, 0) is 38.5 Å². The molecule has 0 bridgehead atoms. The molecule has 3 nitrogen and oxygen atoms in total. The molecule has 0 aliphatic rings. The van der Waals surface area contributed by atoms with Gasteiger partial charge in [0.1, 0.15) is 5.75 Å². The molecule has 1 aromatic carbocycles. The molecule has 0 spiro atoms. The van der Waals surface area contributed by atoms with Crippen LogP contribution in [-0.4, -0.2) is 22.3 Å². The highest BCUT2D eigenvalue weighted by atomic mass is 16.3. The van der Waals surface area contributed by atoms with Gasteiger partial charge in [-0.1, -0.05) is 12.1 Å². The highest BCUT2D eigenvalue weighted by Gasteiger charge is 2.13. The number of aliphatic hydroxyl groups is 1. The van der Waals surface area contributed by atoms with Gasteiger partial charge in [-0.3, -0.25) is 0 Å². The van der Waals surface area contributed by atoms with E-state index in [1.807, 2.05) is 20.8 Å². The number of aromatic hydroxyl groups is 1. The predicted molar refractivity (Wildman–Crippen MR) is 60.8 cm³/mol. The SMILES string of the molecule is CC(C)(C)NC[C@H](O)c1cccc(O)c1. The van der Waals surface area contributed by atoms with Crippen LogP contribution >= 0.6 is 0 Å². The van der Waals surface area contributed by atoms with Gasteiger partial charge in [0.05, 0.1) is 6.10 Å². The van der Waals surface area contributed by atoms with Gasteiger partial charge >= 0.3 is 0 Å². The van der Waals surface area contributed by atoms with Crippen LogP contribution in [0.25, 0.3) is 0 Å². The molecule has 0 radical (unpaired) electrons. The van der Waals surface area contributed by atoms with Gasteiger partial charge in [0, 0.05) is 12.1 Å². The lowest BCUT2D eigenvalue weighted by Gasteiger charge is -2.23. The Morgan fingerprint density at radius 3 is 2.53 bits per heavy atom. The highest BCUT2D eigenvalue weighted by Crippen LogP contribution is 2.18. The van der Waals surface area contributed by atoms with Gasteiger partial charge in [0.2, 0.25) is 0 Å². The summed E-state index contributed by atoms with van der Waals surface area (Å²) in [5.74, 6) is 0.183. The molecule has 1 rings (SSSR count). The summed E-state index contributed by atoms with van der Waals surface area (Å²) in [5.41, 5.74) is 0.712. The molecule has 1 aromatic rings. The summed E-state index contributed by atoms with van der Waals surface area (Å²) < 4.78 is 0. The summed E-state index contributed by atoms with van der Waals surface area (Å²) in [6.07, 6.45) is -0.587. The van der Waals surface area contributed by atoms with Crippen molar-refractivity contribution < 1.29 is 10.2 Å². The Labute approximate surface area is 90.8 Å². The summed E-state index contributed by atoms with van der Waals surface area (Å²) >= 11 is 0. The fraction of sp³-hybridized carbons (Fsp3) is 0.500. The highest BCUT2D eigenvalue weighted by molar-refractivity contribution is 5.28. The molecule has 0 aliphatic carbocycles. The van der Waals surface area contributed by atoms with Gasteiger partial charge in [0.15, 0.2) is 0 Å². The van der Waals surface area contributed by atoms with E-state index < -0.39 is 6.10 Å². The smallest absolute Gasteiger partial charge is 0.115 e. The fourth-order valence-electron chi connectivity index (χ4n) is 1.25. The van der Waals surface area contributed by atoms with E-state index in [1.54, 1.807) is 24.3 Å². The maximum absolute atomic E-state index is 9.83. The summed E-state index contributed by atoms with van der Waals surface area (Å²) in [7, 11) is 0. The molecule has 0 aromatic heterocycles. The minimum absolute atomic E-state index is 0.0161. The molecule has 3 heteroatoms. The second-order valence-corrected chi connectivity index (χ2v) is 4.74. The number of rotatable bonds is 3. The van der Waals surface area contributed by atoms with Gasteiger partial charge in [-0.25, -0.2) is 0 Å². The van der Waals surface area contributed by atoms with Crippen molar-refractivity contribution in [3.63, 3.8) is 0 Å². The van der Waals surface area contributed by atoms with E-state index in [0.717, 1.165) is 5.56 Å². The Hall–Kier alpha value is -1.06. The number of hydrogen-bond donors (Lipinski definition) is 3. The van der Waals surface area contributed by atoms with Crippen molar-refractivity contribution in [3.05, 3.63) is 29.8 Å². The number of benzene rings is 1. The topological polar surface area (TPSA) is 52.5 Å². The molecule has 0 aliphatic heterocycles. The third-order valence-corrected chi connectivity index (χ3v) is 2.08. The number of hydrogen-bond acceptors (Lipinski definition) is 3. The van der Waals surface area contributed by atoms with Gasteiger partial charge < -0.3 is 15.5 Å². The Morgan fingerprint density at radius 2 is 2.00 bits per heavy atom. The average Bonchev–Trinajstić information content (AvgIpc) is 2.13. The molecular weight excluding hydrogens is 190 g/mol. The van der Waals surface area contributed by atoms with Gasteiger partial charge in [-0.15, -0.1) is 0 Å². The second kappa shape index (κ2) is 4.64. The molecule has 0 saturated carbocycles. The van der Waals surface area contributed by atoms with Gasteiger partial charge in [0.25, 0.3) is 0 Å². The molecular formula is C12H19NO2. The molecule has 15 heavy (non-hydrogen) atoms. The first kappa shape index (κ1) is 12.0. The molecule has 1 atom stereocenters. The van der Waals surface area contributed by atoms with Crippen molar-refractivity contribution in [1.82, 2.24) is 5.32 Å². The van der Waals surface area contributed by atoms with Crippen LogP contribution in [0.4, 0.5) is 0 Å². The van der Waals surface area contributed by atoms with E-state index >= 15 is 0 Å². The predicted octanol–water partition coefficient (Wildman–Crippen LogP) is 1.81. The van der Waals surface area contributed by atoms with Crippen LogP contribution in [0.3, 0.4) is 0 Å². The second-order valence-electron chi connectivity index (χ2n) is 4.74. The Morgan fingerprint density at radius 1 is 1.33 bits per heavy atom. The van der Waals surface area contributed by atoms with Crippen LogP contribution < -0.4 is 5.32 Å². The number of β-amino-alcohol motifs (C(OH)–C–C–N with tert-alkyl or cyclic N) is 1. The number of nitrogens with one attached hydrogen (secondary N) is 1. The van der Waals surface area contributed by atoms with E-state index in [4.69, 9.17) is 0 Å². The van der Waals surface area contributed by atoms with Crippen LogP contribution in [0.5, 0.6) is 5.75 Å². The lowest BCUT2D eigenvalue weighted by atomic mass is 10.1. The number of phenols is 1. The molecule has 0 amide bonds. The normalized spacial score (nSPS) is 13.9. The Kier molecular flexibility index (Phi) is 3.72. The summed E-state index contributed by atoms with van der Waals surface area (Å²) in [5, 5.41) is 22.3. The quantitative estimate of drug-likeness (QED) is 0.711. The first-order valence-corrected chi connectivity index (χ1v) is 5.10. The molecule has 84 valence electrons. The van der Waals surface area contributed by atoms with Crippen LogP contribution in [0.2, 0.25) is 0 Å². The van der Waals surface area contributed by atoms with E-state index in [1.165, 1.54) is 0 Å². The van der Waals surface area contributed by atoms with Crippen LogP contribution in [0, 0.1) is 0 Å². The van der Waals surface area contributed by atoms with Crippen molar-refractivity contribution in [3.8, 4) is 5.75 Å². The van der Waals surface area contributed by atoms with Crippen molar-refractivity contribution in [1.29, 1.82) is 0 Å². The third kappa shape index (κ3) is 4.32. The largest absolute Gasteiger partial charge is 0.508 e. The maximum Gasteiger partial charge on any atom is 0.115 e. The standard InChI is InChI=1S/C12H19NO2/c1-12(2,3)13-8-11(15)9-5-4-6-10(14)7-9/h4-7,11,13-15H,8H2,1-3H3/t11-/m0/s1. The van der Waals surface area contributed by atoms with Crippen molar-refractivity contribution in [2.75, 3.05) is 6.54 Å². The van der Waals surface area contributed by atoms with E-state index in [2.05, 4.69) is 5.32 Å². The summed E-state index contributed by atoms with van der Waals surface area (Å²) in [6, 6.07) is 6.70. The van der Waals surface area contributed by atoms with Crippen LogP contribution in [0.15, 0.2) is 24.3 Å². The number of aliphatic hydroxyl groups excluding tert-OH is 1. The molecule has 0 heterocycles. The molecule has 3 N–H and O–H groups in total. The monoisotopic (exact) mass is 209 g/mol. The third-order valence-electron chi connectivity index (χ3n) is 2.08.